The quantitative estimate of drug-likeness (QED) is 0.429. The summed E-state index contributed by atoms with van der Waals surface area (Å²) >= 11 is 0. The first kappa shape index (κ1) is 12.5. The van der Waals surface area contributed by atoms with E-state index in [0.29, 0.717) is 0 Å². The van der Waals surface area contributed by atoms with Gasteiger partial charge in [0, 0.05) is 0 Å². The molecule has 4 N–H and O–H groups in total. The van der Waals surface area contributed by atoms with Crippen LogP contribution in [0.25, 0.3) is 0 Å². The van der Waals surface area contributed by atoms with Gasteiger partial charge in [-0.15, -0.1) is 0 Å². The van der Waals surface area contributed by atoms with Crippen LogP contribution in [-0.2, 0) is 9.47 Å². The molecule has 0 aliphatic rings. The molecule has 14 heavy (non-hydrogen) atoms. The number of hydrogen-bond acceptors (Lipinski definition) is 6. The van der Waals surface area contributed by atoms with E-state index in [4.69, 9.17) is 20.4 Å². The van der Waals surface area contributed by atoms with Gasteiger partial charge >= 0.3 is 12.3 Å². The zero-order valence-electron chi connectivity index (χ0n) is 6.99. The highest BCUT2D eigenvalue weighted by Crippen LogP contribution is 2.01. The predicted octanol–water partition coefficient (Wildman–Crippen LogP) is -0.903. The fraction of sp³-hybridized carbons (Fsp3) is 0.667. The van der Waals surface area contributed by atoms with Crippen LogP contribution >= 0.6 is 0 Å². The summed E-state index contributed by atoms with van der Waals surface area (Å²) in [6.45, 7) is -1.44. The van der Waals surface area contributed by atoms with Crippen molar-refractivity contribution in [3.63, 3.8) is 0 Å². The van der Waals surface area contributed by atoms with Gasteiger partial charge in [0.1, 0.15) is 12.7 Å². The maximum atomic E-state index is 10.1. The molecule has 0 aromatic carbocycles. The van der Waals surface area contributed by atoms with Gasteiger partial charge in [-0.05, 0) is 0 Å². The van der Waals surface area contributed by atoms with Gasteiger partial charge in [0.15, 0.2) is 6.10 Å². The monoisotopic (exact) mass is 210 g/mol. The topological polar surface area (TPSA) is 134 Å². The third-order valence-electron chi connectivity index (χ3n) is 1.24. The van der Waals surface area contributed by atoms with Crippen molar-refractivity contribution in [3.05, 3.63) is 0 Å². The average Bonchev–Trinajstić information content (AvgIpc) is 2.10. The Morgan fingerprint density at radius 1 is 1.21 bits per heavy atom. The van der Waals surface area contributed by atoms with Crippen LogP contribution in [0.1, 0.15) is 0 Å². The molecule has 0 spiro atoms. The minimum Gasteiger partial charge on any atom is -0.450 e. The molecule has 0 amide bonds. The number of ether oxygens (including phenoxy) is 2. The third kappa shape index (κ3) is 5.17. The number of carboxylic acid groups (broad SMARTS) is 2. The van der Waals surface area contributed by atoms with Crippen molar-refractivity contribution < 1.29 is 39.5 Å². The van der Waals surface area contributed by atoms with Crippen molar-refractivity contribution in [2.24, 2.45) is 0 Å². The molecule has 0 saturated heterocycles. The van der Waals surface area contributed by atoms with Gasteiger partial charge in [-0.1, -0.05) is 0 Å². The smallest absolute Gasteiger partial charge is 0.450 e. The van der Waals surface area contributed by atoms with Crippen molar-refractivity contribution in [2.45, 2.75) is 12.2 Å². The molecule has 0 aliphatic carbocycles. The molecule has 8 heteroatoms. The summed E-state index contributed by atoms with van der Waals surface area (Å²) in [6, 6.07) is 0. The molecule has 0 aliphatic heterocycles. The Morgan fingerprint density at radius 3 is 2.14 bits per heavy atom. The van der Waals surface area contributed by atoms with Crippen LogP contribution in [0.3, 0.4) is 0 Å². The molecule has 0 saturated carbocycles. The fourth-order valence-corrected chi connectivity index (χ4v) is 0.624. The third-order valence-corrected chi connectivity index (χ3v) is 1.24. The molecule has 2 atom stereocenters. The largest absolute Gasteiger partial charge is 0.506 e. The summed E-state index contributed by atoms with van der Waals surface area (Å²) in [6.07, 6.45) is -6.29. The van der Waals surface area contributed by atoms with Gasteiger partial charge in [0.05, 0.1) is 6.61 Å². The summed E-state index contributed by atoms with van der Waals surface area (Å²) in [7, 11) is 0. The van der Waals surface area contributed by atoms with E-state index in [2.05, 4.69) is 9.47 Å². The predicted molar refractivity (Wildman–Crippen MR) is 40.0 cm³/mol. The zero-order chi connectivity index (χ0) is 11.1. The molecule has 0 aromatic rings. The molecule has 0 bridgehead atoms. The molecule has 0 heterocycles. The van der Waals surface area contributed by atoms with Gasteiger partial charge in [-0.2, -0.15) is 0 Å². The average molecular weight is 210 g/mol. The summed E-state index contributed by atoms with van der Waals surface area (Å²) in [5.74, 6) is 0. The first-order valence-electron chi connectivity index (χ1n) is 3.51. The van der Waals surface area contributed by atoms with Crippen LogP contribution in [0.2, 0.25) is 0 Å². The van der Waals surface area contributed by atoms with Crippen molar-refractivity contribution in [1.82, 2.24) is 0 Å². The molecule has 0 unspecified atom stereocenters. The van der Waals surface area contributed by atoms with Crippen LogP contribution in [0.4, 0.5) is 9.59 Å². The lowest BCUT2D eigenvalue weighted by Crippen LogP contribution is -2.37. The molecule has 0 radical (unpaired) electrons. The molecule has 0 rings (SSSR count). The zero-order valence-corrected chi connectivity index (χ0v) is 6.99. The number of carbonyl (C=O) groups is 2. The fourth-order valence-electron chi connectivity index (χ4n) is 0.624. The lowest BCUT2D eigenvalue weighted by molar-refractivity contribution is -0.0670. The lowest BCUT2D eigenvalue weighted by atomic mass is 10.2. The molecule has 8 nitrogen and oxygen atoms in total. The maximum Gasteiger partial charge on any atom is 0.506 e. The highest BCUT2D eigenvalue weighted by Gasteiger charge is 2.24. The first-order chi connectivity index (χ1) is 6.47. The van der Waals surface area contributed by atoms with Crippen LogP contribution in [0, 0.1) is 0 Å². The van der Waals surface area contributed by atoms with E-state index in [1.165, 1.54) is 0 Å². The van der Waals surface area contributed by atoms with E-state index in [0.717, 1.165) is 0 Å². The Morgan fingerprint density at radius 2 is 1.79 bits per heavy atom. The van der Waals surface area contributed by atoms with Crippen LogP contribution < -0.4 is 0 Å². The molecule has 0 fully saturated rings. The van der Waals surface area contributed by atoms with E-state index < -0.39 is 37.7 Å². The van der Waals surface area contributed by atoms with Gasteiger partial charge < -0.3 is 29.9 Å². The Balaban J connectivity index is 4.09. The van der Waals surface area contributed by atoms with E-state index in [1.54, 1.807) is 0 Å². The van der Waals surface area contributed by atoms with Crippen LogP contribution in [-0.4, -0.2) is 58.2 Å². The van der Waals surface area contributed by atoms with Crippen LogP contribution in [0.5, 0.6) is 0 Å². The normalized spacial score (nSPS) is 14.1. The molecule has 82 valence electrons. The molecular weight excluding hydrogens is 200 g/mol. The van der Waals surface area contributed by atoms with Crippen molar-refractivity contribution >= 4 is 12.3 Å². The van der Waals surface area contributed by atoms with Gasteiger partial charge in [0.25, 0.3) is 0 Å². The van der Waals surface area contributed by atoms with E-state index in [1.807, 2.05) is 0 Å². The van der Waals surface area contributed by atoms with Gasteiger partial charge in [-0.3, -0.25) is 0 Å². The van der Waals surface area contributed by atoms with Crippen molar-refractivity contribution in [3.8, 4) is 0 Å². The maximum absolute atomic E-state index is 10.1. The number of aliphatic hydroxyl groups excluding tert-OH is 2. The van der Waals surface area contributed by atoms with E-state index in [-0.39, 0.29) is 0 Å². The highest BCUT2D eigenvalue weighted by atomic mass is 16.7. The first-order valence-corrected chi connectivity index (χ1v) is 3.51. The number of hydrogen-bond donors (Lipinski definition) is 4. The van der Waals surface area contributed by atoms with E-state index in [9.17, 15) is 9.59 Å². The SMILES string of the molecule is O=C(O)OC[C@H](OC(=O)O)[C@H](O)CO. The second kappa shape index (κ2) is 6.00. The Hall–Kier alpha value is -1.54. The standard InChI is InChI=1S/C6H10O8/c7-1-3(8)4(14-6(11)12)2-13-5(9)10/h3-4,7-8H,1-2H2,(H,9,10)(H,11,12)/t3-,4+/m1/s1. The molecule has 0 aromatic heterocycles. The minimum absolute atomic E-state index is 0.677. The van der Waals surface area contributed by atoms with Crippen LogP contribution in [0.15, 0.2) is 0 Å². The Labute approximate surface area is 78.3 Å². The highest BCUT2D eigenvalue weighted by molar-refractivity contribution is 5.58. The van der Waals surface area contributed by atoms with Crippen molar-refractivity contribution in [2.75, 3.05) is 13.2 Å². The lowest BCUT2D eigenvalue weighted by Gasteiger charge is -2.18. The summed E-state index contributed by atoms with van der Waals surface area (Å²) in [4.78, 5) is 20.0. The minimum atomic E-state index is -1.70. The summed E-state index contributed by atoms with van der Waals surface area (Å²) < 4.78 is 8.06. The van der Waals surface area contributed by atoms with Gasteiger partial charge in [0.2, 0.25) is 0 Å². The van der Waals surface area contributed by atoms with E-state index >= 15 is 0 Å². The Bertz CT molecular complexity index is 202. The molecular formula is C6H10O8. The second-order valence-electron chi connectivity index (χ2n) is 2.25. The van der Waals surface area contributed by atoms with Gasteiger partial charge in [-0.25, -0.2) is 9.59 Å². The second-order valence-corrected chi connectivity index (χ2v) is 2.25. The number of rotatable bonds is 5. The summed E-state index contributed by atoms with van der Waals surface area (Å²) in [5.41, 5.74) is 0. The summed E-state index contributed by atoms with van der Waals surface area (Å²) in [5, 5.41) is 33.7. The number of aliphatic hydroxyl groups is 2. The Kier molecular flexibility index (Phi) is 5.34. The van der Waals surface area contributed by atoms with Crippen molar-refractivity contribution in [1.29, 1.82) is 0 Å².